The van der Waals surface area contributed by atoms with Crippen LogP contribution in [0.25, 0.3) is 0 Å². The molecule has 1 fully saturated rings. The number of methoxy groups -OCH3 is 1. The van der Waals surface area contributed by atoms with Gasteiger partial charge in [0.25, 0.3) is 0 Å². The van der Waals surface area contributed by atoms with Crippen LogP contribution in [0.15, 0.2) is 0 Å². The minimum absolute atomic E-state index is 0.204. The van der Waals surface area contributed by atoms with Crippen LogP contribution in [0.5, 0.6) is 0 Å². The molecule has 0 radical (unpaired) electrons. The molecule has 0 aromatic carbocycles. The molecule has 0 saturated carbocycles. The first-order chi connectivity index (χ1) is 9.65. The summed E-state index contributed by atoms with van der Waals surface area (Å²) in [5.74, 6) is -0.204. The maximum absolute atomic E-state index is 12.0. The van der Waals surface area contributed by atoms with Gasteiger partial charge in [0, 0.05) is 25.0 Å². The van der Waals surface area contributed by atoms with E-state index in [1.54, 1.807) is 4.90 Å². The number of hydrogen-bond donors (Lipinski definition) is 1. The summed E-state index contributed by atoms with van der Waals surface area (Å²) in [6, 6.07) is 0. The number of carbonyl (C=O) groups excluding carboxylic acids is 2. The standard InChI is InChI=1S/C15H28N2O4/c1-14(2,3)21-13(19)17-10-8-15(16,9-11-17)7-5-6-12(18)20-4/h5-11,16H2,1-4H3. The third-order valence-electron chi connectivity index (χ3n) is 3.69. The summed E-state index contributed by atoms with van der Waals surface area (Å²) in [6.45, 7) is 6.77. The molecule has 1 saturated heterocycles. The topological polar surface area (TPSA) is 81.9 Å². The summed E-state index contributed by atoms with van der Waals surface area (Å²) >= 11 is 0. The van der Waals surface area contributed by atoms with Gasteiger partial charge in [-0.3, -0.25) is 4.79 Å². The minimum Gasteiger partial charge on any atom is -0.469 e. The van der Waals surface area contributed by atoms with Crippen molar-refractivity contribution in [1.82, 2.24) is 4.90 Å². The third kappa shape index (κ3) is 6.33. The van der Waals surface area contributed by atoms with Crippen LogP contribution < -0.4 is 5.73 Å². The van der Waals surface area contributed by atoms with E-state index in [1.165, 1.54) is 7.11 Å². The molecule has 0 atom stereocenters. The van der Waals surface area contributed by atoms with Crippen molar-refractivity contribution < 1.29 is 19.1 Å². The highest BCUT2D eigenvalue weighted by Gasteiger charge is 2.33. The molecule has 0 aromatic rings. The summed E-state index contributed by atoms with van der Waals surface area (Å²) in [5, 5.41) is 0. The van der Waals surface area contributed by atoms with Gasteiger partial charge in [-0.15, -0.1) is 0 Å². The molecule has 2 N–H and O–H groups in total. The maximum atomic E-state index is 12.0. The summed E-state index contributed by atoms with van der Waals surface area (Å²) in [4.78, 5) is 24.8. The molecule has 21 heavy (non-hydrogen) atoms. The van der Waals surface area contributed by atoms with Crippen LogP contribution in [-0.4, -0.2) is 48.3 Å². The quantitative estimate of drug-likeness (QED) is 0.804. The molecule has 0 aliphatic carbocycles. The lowest BCUT2D eigenvalue weighted by atomic mass is 9.84. The van der Waals surface area contributed by atoms with Crippen molar-refractivity contribution in [2.24, 2.45) is 5.73 Å². The van der Waals surface area contributed by atoms with Gasteiger partial charge in [-0.1, -0.05) is 0 Å². The zero-order valence-electron chi connectivity index (χ0n) is 13.6. The van der Waals surface area contributed by atoms with Crippen LogP contribution in [0.3, 0.4) is 0 Å². The van der Waals surface area contributed by atoms with Crippen molar-refractivity contribution in [1.29, 1.82) is 0 Å². The fourth-order valence-electron chi connectivity index (χ4n) is 2.40. The zero-order chi connectivity index (χ0) is 16.1. The van der Waals surface area contributed by atoms with Crippen LogP contribution >= 0.6 is 0 Å². The molecule has 0 unspecified atom stereocenters. The van der Waals surface area contributed by atoms with E-state index in [1.807, 2.05) is 20.8 Å². The number of carbonyl (C=O) groups is 2. The van der Waals surface area contributed by atoms with Gasteiger partial charge < -0.3 is 20.1 Å². The van der Waals surface area contributed by atoms with Crippen LogP contribution in [0.1, 0.15) is 52.9 Å². The summed E-state index contributed by atoms with van der Waals surface area (Å²) in [6.07, 6.45) is 3.06. The van der Waals surface area contributed by atoms with Crippen LogP contribution in [-0.2, 0) is 14.3 Å². The fraction of sp³-hybridized carbons (Fsp3) is 0.867. The first-order valence-electron chi connectivity index (χ1n) is 7.49. The molecule has 0 bridgehead atoms. The van der Waals surface area contributed by atoms with Crippen molar-refractivity contribution in [3.05, 3.63) is 0 Å². The van der Waals surface area contributed by atoms with Gasteiger partial charge in [-0.25, -0.2) is 4.79 Å². The zero-order valence-corrected chi connectivity index (χ0v) is 13.6. The first-order valence-corrected chi connectivity index (χ1v) is 7.49. The Hall–Kier alpha value is -1.30. The number of rotatable bonds is 4. The lowest BCUT2D eigenvalue weighted by Gasteiger charge is -2.39. The molecule has 6 nitrogen and oxygen atoms in total. The van der Waals surface area contributed by atoms with E-state index < -0.39 is 5.60 Å². The van der Waals surface area contributed by atoms with Gasteiger partial charge >= 0.3 is 12.1 Å². The van der Waals surface area contributed by atoms with E-state index in [0.29, 0.717) is 19.5 Å². The predicted octanol–water partition coefficient (Wildman–Crippen LogP) is 2.06. The lowest BCUT2D eigenvalue weighted by Crippen LogP contribution is -2.52. The van der Waals surface area contributed by atoms with E-state index in [4.69, 9.17) is 10.5 Å². The number of esters is 1. The predicted molar refractivity (Wildman–Crippen MR) is 79.8 cm³/mol. The van der Waals surface area contributed by atoms with E-state index in [9.17, 15) is 9.59 Å². The molecule has 6 heteroatoms. The Morgan fingerprint density at radius 3 is 2.29 bits per heavy atom. The van der Waals surface area contributed by atoms with Crippen molar-refractivity contribution >= 4 is 12.1 Å². The van der Waals surface area contributed by atoms with E-state index >= 15 is 0 Å². The number of hydrogen-bond acceptors (Lipinski definition) is 5. The number of likely N-dealkylation sites (tertiary alicyclic amines) is 1. The molecular weight excluding hydrogens is 272 g/mol. The van der Waals surface area contributed by atoms with E-state index in [2.05, 4.69) is 4.74 Å². The van der Waals surface area contributed by atoms with Gasteiger partial charge in [0.15, 0.2) is 0 Å². The number of ether oxygens (including phenoxy) is 2. The van der Waals surface area contributed by atoms with Crippen molar-refractivity contribution in [3.63, 3.8) is 0 Å². The monoisotopic (exact) mass is 300 g/mol. The Morgan fingerprint density at radius 1 is 1.24 bits per heavy atom. The Morgan fingerprint density at radius 2 is 1.81 bits per heavy atom. The number of nitrogens with two attached hydrogens (primary N) is 1. The Balaban J connectivity index is 2.36. The largest absolute Gasteiger partial charge is 0.469 e. The second kappa shape index (κ2) is 7.11. The number of amides is 1. The Bertz CT molecular complexity index is 368. The SMILES string of the molecule is COC(=O)CCCC1(N)CCN(C(=O)OC(C)(C)C)CC1. The molecule has 1 amide bonds. The summed E-state index contributed by atoms with van der Waals surface area (Å²) in [7, 11) is 1.39. The highest BCUT2D eigenvalue weighted by Crippen LogP contribution is 2.26. The van der Waals surface area contributed by atoms with Gasteiger partial charge in [-0.05, 0) is 46.5 Å². The van der Waals surface area contributed by atoms with Crippen molar-refractivity contribution in [2.45, 2.75) is 64.0 Å². The second-order valence-corrected chi connectivity index (χ2v) is 6.76. The molecule has 1 heterocycles. The van der Waals surface area contributed by atoms with Gasteiger partial charge in [0.1, 0.15) is 5.60 Å². The van der Waals surface area contributed by atoms with Crippen molar-refractivity contribution in [3.8, 4) is 0 Å². The van der Waals surface area contributed by atoms with E-state index in [0.717, 1.165) is 25.7 Å². The third-order valence-corrected chi connectivity index (χ3v) is 3.69. The summed E-state index contributed by atoms with van der Waals surface area (Å²) < 4.78 is 9.98. The molecule has 0 aromatic heterocycles. The highest BCUT2D eigenvalue weighted by molar-refractivity contribution is 5.69. The number of piperidine rings is 1. The lowest BCUT2D eigenvalue weighted by molar-refractivity contribution is -0.140. The van der Waals surface area contributed by atoms with Gasteiger partial charge in [-0.2, -0.15) is 0 Å². The molecule has 1 rings (SSSR count). The highest BCUT2D eigenvalue weighted by atomic mass is 16.6. The van der Waals surface area contributed by atoms with Crippen LogP contribution in [0.4, 0.5) is 4.79 Å². The average molecular weight is 300 g/mol. The van der Waals surface area contributed by atoms with E-state index in [-0.39, 0.29) is 17.6 Å². The smallest absolute Gasteiger partial charge is 0.410 e. The van der Waals surface area contributed by atoms with Crippen molar-refractivity contribution in [2.75, 3.05) is 20.2 Å². The molecule has 1 aliphatic heterocycles. The van der Waals surface area contributed by atoms with Gasteiger partial charge in [0.2, 0.25) is 0 Å². The molecule has 1 aliphatic rings. The molecular formula is C15H28N2O4. The van der Waals surface area contributed by atoms with Crippen LogP contribution in [0, 0.1) is 0 Å². The number of nitrogens with zero attached hydrogens (tertiary/aromatic N) is 1. The van der Waals surface area contributed by atoms with Crippen LogP contribution in [0.2, 0.25) is 0 Å². The normalized spacial score (nSPS) is 18.2. The fourth-order valence-corrected chi connectivity index (χ4v) is 2.40. The van der Waals surface area contributed by atoms with Gasteiger partial charge in [0.05, 0.1) is 7.11 Å². The first kappa shape index (κ1) is 17.8. The second-order valence-electron chi connectivity index (χ2n) is 6.76. The summed E-state index contributed by atoms with van der Waals surface area (Å²) in [5.41, 5.74) is 5.57. The molecule has 122 valence electrons. The average Bonchev–Trinajstić information content (AvgIpc) is 2.37. The Labute approximate surface area is 126 Å². The molecule has 0 spiro atoms. The Kier molecular flexibility index (Phi) is 6.01. The maximum Gasteiger partial charge on any atom is 0.410 e. The minimum atomic E-state index is -0.477.